The van der Waals surface area contributed by atoms with E-state index in [-0.39, 0.29) is 12.1 Å². The van der Waals surface area contributed by atoms with E-state index in [1.54, 1.807) is 0 Å². The number of carbonyl (C=O) groups is 1. The van der Waals surface area contributed by atoms with Crippen molar-refractivity contribution in [1.82, 2.24) is 0 Å². The fraction of sp³-hybridized carbons (Fsp3) is 0.696. The van der Waals surface area contributed by atoms with Gasteiger partial charge in [-0.1, -0.05) is 76.3 Å². The molecule has 0 heterocycles. The van der Waals surface area contributed by atoms with E-state index in [0.717, 1.165) is 32.1 Å². The van der Waals surface area contributed by atoms with Gasteiger partial charge in [0.1, 0.15) is 6.10 Å². The Hall–Kier alpha value is -1.31. The van der Waals surface area contributed by atoms with Gasteiger partial charge in [0.2, 0.25) is 0 Å². The lowest BCUT2D eigenvalue weighted by atomic mass is 9.98. The maximum absolute atomic E-state index is 11.4. The molecule has 1 saturated carbocycles. The number of ether oxygens (including phenoxy) is 1. The summed E-state index contributed by atoms with van der Waals surface area (Å²) in [4.78, 5) is 11.4. The highest BCUT2D eigenvalue weighted by atomic mass is 16.5. The molecule has 1 aromatic rings. The molecule has 2 nitrogen and oxygen atoms in total. The minimum atomic E-state index is 0.0188. The molecule has 1 aromatic carbocycles. The summed E-state index contributed by atoms with van der Waals surface area (Å²) in [7, 11) is 0. The summed E-state index contributed by atoms with van der Waals surface area (Å²) in [6.45, 7) is 4.39. The largest absolute Gasteiger partial charge is 0.462 e. The molecule has 0 aromatic heterocycles. The molecule has 1 fully saturated rings. The maximum Gasteiger partial charge on any atom is 0.306 e. The molecule has 0 amide bonds. The van der Waals surface area contributed by atoms with Crippen molar-refractivity contribution in [3.63, 3.8) is 0 Å². The first-order chi connectivity index (χ1) is 12.3. The molecular formula is C23H38O2. The van der Waals surface area contributed by atoms with Crippen LogP contribution < -0.4 is 0 Å². The zero-order valence-electron chi connectivity index (χ0n) is 16.5. The third-order valence-electron chi connectivity index (χ3n) is 4.75. The number of hydrogen-bond donors (Lipinski definition) is 0. The topological polar surface area (TPSA) is 26.3 Å². The van der Waals surface area contributed by atoms with Crippen LogP contribution in [0.3, 0.4) is 0 Å². The molecule has 0 unspecified atom stereocenters. The zero-order chi connectivity index (χ0) is 18.2. The molecular weight excluding hydrogens is 308 g/mol. The van der Waals surface area contributed by atoms with Crippen LogP contribution in [0.5, 0.6) is 0 Å². The van der Waals surface area contributed by atoms with E-state index in [1.807, 2.05) is 0 Å². The van der Waals surface area contributed by atoms with Gasteiger partial charge in [-0.2, -0.15) is 0 Å². The smallest absolute Gasteiger partial charge is 0.306 e. The van der Waals surface area contributed by atoms with Gasteiger partial charge in [0, 0.05) is 6.42 Å². The van der Waals surface area contributed by atoms with Gasteiger partial charge in [0.15, 0.2) is 0 Å². The first kappa shape index (κ1) is 21.7. The Morgan fingerprint density at radius 1 is 0.920 bits per heavy atom. The molecule has 0 aliphatic heterocycles. The van der Waals surface area contributed by atoms with Gasteiger partial charge >= 0.3 is 5.97 Å². The van der Waals surface area contributed by atoms with E-state index in [1.165, 1.54) is 50.5 Å². The molecule has 0 bridgehead atoms. The van der Waals surface area contributed by atoms with Crippen LogP contribution in [0.15, 0.2) is 30.3 Å². The lowest BCUT2D eigenvalue weighted by molar-refractivity contribution is -0.150. The zero-order valence-corrected chi connectivity index (χ0v) is 16.5. The lowest BCUT2D eigenvalue weighted by Gasteiger charge is -2.21. The Balaban J connectivity index is 0.000000257. The quantitative estimate of drug-likeness (QED) is 0.360. The van der Waals surface area contributed by atoms with Gasteiger partial charge in [-0.25, -0.2) is 0 Å². The molecule has 0 N–H and O–H groups in total. The molecule has 2 rings (SSSR count). The number of unbranched alkanes of at least 4 members (excludes halogenated alkanes) is 4. The van der Waals surface area contributed by atoms with Crippen molar-refractivity contribution in [2.45, 2.75) is 103 Å². The predicted molar refractivity (Wildman–Crippen MR) is 107 cm³/mol. The van der Waals surface area contributed by atoms with Crippen LogP contribution in [0.1, 0.15) is 96.5 Å². The second kappa shape index (κ2) is 15.0. The van der Waals surface area contributed by atoms with Crippen LogP contribution in [0.4, 0.5) is 0 Å². The molecule has 0 spiro atoms. The summed E-state index contributed by atoms with van der Waals surface area (Å²) in [5.41, 5.74) is 1.47. The number of aryl methyl sites for hydroxylation is 1. The summed E-state index contributed by atoms with van der Waals surface area (Å²) in [6, 6.07) is 10.7. The minimum absolute atomic E-state index is 0.0188. The van der Waals surface area contributed by atoms with Crippen LogP contribution in [0.2, 0.25) is 0 Å². The number of carbonyl (C=O) groups excluding carboxylic acids is 1. The summed E-state index contributed by atoms with van der Waals surface area (Å²) < 4.78 is 5.40. The molecule has 1 aliphatic carbocycles. The van der Waals surface area contributed by atoms with Crippen LogP contribution in [-0.2, 0) is 16.0 Å². The standard InChI is InChI=1S/C12H22O2.C11H16/c1-2-3-5-10-12(13)14-11-8-6-4-7-9-11;1-2-3-5-8-11-9-6-4-7-10-11/h11H,2-10H2,1H3;4,6-7,9-10H,2-3,5,8H2,1H3. The first-order valence-corrected chi connectivity index (χ1v) is 10.5. The van der Waals surface area contributed by atoms with E-state index in [2.05, 4.69) is 44.2 Å². The second-order valence-corrected chi connectivity index (χ2v) is 7.15. The average molecular weight is 347 g/mol. The number of benzene rings is 1. The van der Waals surface area contributed by atoms with Gasteiger partial charge < -0.3 is 4.74 Å². The number of rotatable bonds is 9. The van der Waals surface area contributed by atoms with Gasteiger partial charge in [0.25, 0.3) is 0 Å². The monoisotopic (exact) mass is 346 g/mol. The Bertz CT molecular complexity index is 421. The lowest BCUT2D eigenvalue weighted by Crippen LogP contribution is -2.20. The Morgan fingerprint density at radius 3 is 2.20 bits per heavy atom. The Labute approximate surface area is 155 Å². The van der Waals surface area contributed by atoms with Gasteiger partial charge in [0.05, 0.1) is 0 Å². The Morgan fingerprint density at radius 2 is 1.56 bits per heavy atom. The van der Waals surface area contributed by atoms with Crippen molar-refractivity contribution >= 4 is 5.97 Å². The van der Waals surface area contributed by atoms with Crippen LogP contribution in [-0.4, -0.2) is 12.1 Å². The highest BCUT2D eigenvalue weighted by Gasteiger charge is 2.16. The van der Waals surface area contributed by atoms with E-state index < -0.39 is 0 Å². The predicted octanol–water partition coefficient (Wildman–Crippen LogP) is 6.86. The molecule has 2 heteroatoms. The van der Waals surface area contributed by atoms with Gasteiger partial charge in [-0.05, 0) is 50.5 Å². The number of esters is 1. The van der Waals surface area contributed by atoms with Gasteiger partial charge in [-0.3, -0.25) is 4.79 Å². The van der Waals surface area contributed by atoms with Crippen molar-refractivity contribution in [2.24, 2.45) is 0 Å². The minimum Gasteiger partial charge on any atom is -0.462 e. The molecule has 142 valence electrons. The van der Waals surface area contributed by atoms with E-state index in [9.17, 15) is 4.79 Å². The van der Waals surface area contributed by atoms with Crippen LogP contribution in [0, 0.1) is 0 Å². The highest BCUT2D eigenvalue weighted by molar-refractivity contribution is 5.69. The second-order valence-electron chi connectivity index (χ2n) is 7.15. The molecule has 0 radical (unpaired) electrons. The molecule has 25 heavy (non-hydrogen) atoms. The van der Waals surface area contributed by atoms with Crippen LogP contribution in [0.25, 0.3) is 0 Å². The van der Waals surface area contributed by atoms with Gasteiger partial charge in [-0.15, -0.1) is 0 Å². The fourth-order valence-electron chi connectivity index (χ4n) is 3.17. The van der Waals surface area contributed by atoms with E-state index in [0.29, 0.717) is 6.42 Å². The first-order valence-electron chi connectivity index (χ1n) is 10.5. The Kier molecular flexibility index (Phi) is 13.0. The SMILES string of the molecule is CCCCCC(=O)OC1CCCCC1.CCCCCc1ccccc1. The van der Waals surface area contributed by atoms with Crippen molar-refractivity contribution in [3.05, 3.63) is 35.9 Å². The average Bonchev–Trinajstić information content (AvgIpc) is 2.64. The van der Waals surface area contributed by atoms with Crippen molar-refractivity contribution in [2.75, 3.05) is 0 Å². The normalized spacial score (nSPS) is 14.5. The molecule has 1 aliphatic rings. The van der Waals surface area contributed by atoms with Crippen molar-refractivity contribution < 1.29 is 9.53 Å². The third-order valence-corrected chi connectivity index (χ3v) is 4.75. The summed E-state index contributed by atoms with van der Waals surface area (Å²) in [5.74, 6) is 0.0188. The number of hydrogen-bond acceptors (Lipinski definition) is 2. The summed E-state index contributed by atoms with van der Waals surface area (Å²) >= 11 is 0. The fourth-order valence-corrected chi connectivity index (χ4v) is 3.17. The third kappa shape index (κ3) is 11.8. The van der Waals surface area contributed by atoms with Crippen molar-refractivity contribution in [1.29, 1.82) is 0 Å². The molecule has 0 atom stereocenters. The molecule has 0 saturated heterocycles. The van der Waals surface area contributed by atoms with Crippen molar-refractivity contribution in [3.8, 4) is 0 Å². The van der Waals surface area contributed by atoms with E-state index in [4.69, 9.17) is 4.74 Å². The highest BCUT2D eigenvalue weighted by Crippen LogP contribution is 2.20. The van der Waals surface area contributed by atoms with Crippen LogP contribution >= 0.6 is 0 Å². The van der Waals surface area contributed by atoms with E-state index >= 15 is 0 Å². The summed E-state index contributed by atoms with van der Waals surface area (Å²) in [5, 5.41) is 0. The maximum atomic E-state index is 11.4. The summed E-state index contributed by atoms with van der Waals surface area (Å²) in [6.07, 6.45) is 15.3.